The third-order valence-electron chi connectivity index (χ3n) is 11.6. The van der Waals surface area contributed by atoms with E-state index in [0.717, 1.165) is 16.7 Å². The molecule has 3 aromatic carbocycles. The van der Waals surface area contributed by atoms with Gasteiger partial charge in [0, 0.05) is 18.3 Å². The Kier molecular flexibility index (Phi) is 16.7. The van der Waals surface area contributed by atoms with E-state index in [-0.39, 0.29) is 83.7 Å². The van der Waals surface area contributed by atoms with Crippen molar-refractivity contribution in [3.8, 4) is 0 Å². The second-order valence-electron chi connectivity index (χ2n) is 19.9. The van der Waals surface area contributed by atoms with Crippen molar-refractivity contribution < 1.29 is 43.0 Å². The minimum atomic E-state index is -0.517. The van der Waals surface area contributed by atoms with Crippen LogP contribution in [0.1, 0.15) is 99.3 Å². The number of amides is 6. The largest absolute Gasteiger partial charge is 0.447 e. The molecule has 0 saturated carbocycles. The molecule has 0 aliphatic carbocycles. The summed E-state index contributed by atoms with van der Waals surface area (Å²) in [6, 6.07) is 28.9. The normalized spacial score (nSPS) is 19.9. The molecule has 0 unspecified atom stereocenters. The van der Waals surface area contributed by atoms with Gasteiger partial charge in [-0.3, -0.25) is 14.4 Å². The molecule has 5 atom stereocenters. The Bertz CT molecular complexity index is 1890. The molecule has 0 N–H and O–H groups in total. The van der Waals surface area contributed by atoms with Crippen LogP contribution in [-0.2, 0) is 47.9 Å². The maximum Gasteiger partial charge on any atom is 0.416 e. The molecule has 3 heterocycles. The fourth-order valence-corrected chi connectivity index (χ4v) is 7.03. The van der Waals surface area contributed by atoms with Gasteiger partial charge in [-0.25, -0.2) is 29.1 Å². The Morgan fingerprint density at radius 3 is 1.05 bits per heavy atom. The average Bonchev–Trinajstić information content (AvgIpc) is 3.88. The summed E-state index contributed by atoms with van der Waals surface area (Å²) in [6.07, 6.45) is 0.703. The van der Waals surface area contributed by atoms with E-state index in [4.69, 9.17) is 14.2 Å². The third-order valence-corrected chi connectivity index (χ3v) is 11.6. The Morgan fingerprint density at radius 2 is 0.774 bits per heavy atom. The number of hydrogen-bond donors (Lipinski definition) is 0. The van der Waals surface area contributed by atoms with Crippen molar-refractivity contribution >= 4 is 36.0 Å². The second-order valence-corrected chi connectivity index (χ2v) is 19.9. The lowest BCUT2D eigenvalue weighted by Gasteiger charge is -2.30. The van der Waals surface area contributed by atoms with Crippen LogP contribution < -0.4 is 0 Å². The van der Waals surface area contributed by atoms with Crippen LogP contribution in [0.15, 0.2) is 91.0 Å². The molecule has 0 radical (unpaired) electrons. The average molecular weight is 854 g/mol. The number of benzene rings is 3. The zero-order valence-corrected chi connectivity index (χ0v) is 38.5. The van der Waals surface area contributed by atoms with Gasteiger partial charge in [0.05, 0.1) is 18.1 Å². The van der Waals surface area contributed by atoms with Gasteiger partial charge in [-0.2, -0.15) is 0 Å². The number of imide groups is 3. The quantitative estimate of drug-likeness (QED) is 0.193. The number of nitrogens with zero attached hydrogens (tertiary/aromatic N) is 3. The maximum atomic E-state index is 12.6. The predicted molar refractivity (Wildman–Crippen MR) is 238 cm³/mol. The Hall–Kier alpha value is -5.52. The first-order chi connectivity index (χ1) is 29.0. The van der Waals surface area contributed by atoms with Crippen LogP contribution in [0.25, 0.3) is 0 Å². The van der Waals surface area contributed by atoms with Crippen molar-refractivity contribution in [3.63, 3.8) is 0 Å². The summed E-state index contributed by atoms with van der Waals surface area (Å²) < 4.78 is 15.3. The molecule has 0 spiro atoms. The van der Waals surface area contributed by atoms with E-state index in [1.54, 1.807) is 0 Å². The van der Waals surface area contributed by atoms with Crippen molar-refractivity contribution in [1.82, 2.24) is 14.7 Å². The van der Waals surface area contributed by atoms with Crippen LogP contribution in [0.3, 0.4) is 0 Å². The summed E-state index contributed by atoms with van der Waals surface area (Å²) in [5, 5.41) is 0. The molecular weight excluding hydrogens is 787 g/mol. The van der Waals surface area contributed by atoms with E-state index in [2.05, 4.69) is 0 Å². The van der Waals surface area contributed by atoms with E-state index in [9.17, 15) is 28.8 Å². The molecular formula is C50H67N3O9. The molecule has 6 amide bonds. The zero-order chi connectivity index (χ0) is 46.0. The third kappa shape index (κ3) is 13.7. The summed E-state index contributed by atoms with van der Waals surface area (Å²) in [5.74, 6) is -0.916. The standard InChI is InChI=1S/2C17H23NO3.C16H21NO3/c2*1-12(17(2,3)4)15(19)18-14(11-21-16(18)20)10-13-8-6-5-7-9-13;1-16(2,3)10-14(18)17-13(11-20-15(17)19)9-12-7-5-4-6-8-12/h2*5-9,12,14H,10-11H2,1-4H3;4-8,13H,9-11H2,1-3H3/t12-,14+;12-,14-;13-/m100/s1. The summed E-state index contributed by atoms with van der Waals surface area (Å²) in [7, 11) is 0. The summed E-state index contributed by atoms with van der Waals surface area (Å²) >= 11 is 0. The van der Waals surface area contributed by atoms with E-state index < -0.39 is 18.3 Å². The minimum Gasteiger partial charge on any atom is -0.447 e. The molecule has 6 rings (SSSR count). The first-order valence-corrected chi connectivity index (χ1v) is 21.6. The van der Waals surface area contributed by atoms with Crippen LogP contribution in [0.4, 0.5) is 14.4 Å². The van der Waals surface area contributed by atoms with Crippen LogP contribution in [0, 0.1) is 28.1 Å². The lowest BCUT2D eigenvalue weighted by molar-refractivity contribution is -0.137. The maximum absolute atomic E-state index is 12.6. The highest BCUT2D eigenvalue weighted by Crippen LogP contribution is 2.32. The summed E-state index contributed by atoms with van der Waals surface area (Å²) in [6.45, 7) is 22.5. The van der Waals surface area contributed by atoms with Crippen LogP contribution in [0.5, 0.6) is 0 Å². The molecule has 0 bridgehead atoms. The first kappa shape index (κ1) is 49.1. The molecule has 62 heavy (non-hydrogen) atoms. The monoisotopic (exact) mass is 853 g/mol. The second kappa shape index (κ2) is 21.0. The zero-order valence-electron chi connectivity index (χ0n) is 38.5. The van der Waals surface area contributed by atoms with Crippen LogP contribution >= 0.6 is 0 Å². The molecule has 3 aliphatic heterocycles. The van der Waals surface area contributed by atoms with Crippen LogP contribution in [-0.4, -0.2) is 88.6 Å². The number of hydrogen-bond acceptors (Lipinski definition) is 9. The van der Waals surface area contributed by atoms with Gasteiger partial charge in [0.25, 0.3) is 0 Å². The van der Waals surface area contributed by atoms with Crippen molar-refractivity contribution in [1.29, 1.82) is 0 Å². The molecule has 336 valence electrons. The van der Waals surface area contributed by atoms with Gasteiger partial charge in [-0.15, -0.1) is 0 Å². The molecule has 3 aliphatic rings. The van der Waals surface area contributed by atoms with Gasteiger partial charge < -0.3 is 14.2 Å². The van der Waals surface area contributed by atoms with E-state index >= 15 is 0 Å². The fourth-order valence-electron chi connectivity index (χ4n) is 7.03. The first-order valence-electron chi connectivity index (χ1n) is 21.6. The van der Waals surface area contributed by atoms with E-state index in [1.165, 1.54) is 14.7 Å². The van der Waals surface area contributed by atoms with E-state index in [1.807, 2.05) is 167 Å². The highest BCUT2D eigenvalue weighted by atomic mass is 16.6. The Labute approximate surface area is 368 Å². The lowest BCUT2D eigenvalue weighted by atomic mass is 9.81. The van der Waals surface area contributed by atoms with Gasteiger partial charge in [-0.1, -0.05) is 167 Å². The number of carbonyl (C=O) groups excluding carboxylic acids is 6. The molecule has 3 fully saturated rings. The number of rotatable bonds is 9. The van der Waals surface area contributed by atoms with E-state index in [0.29, 0.717) is 25.7 Å². The van der Waals surface area contributed by atoms with Gasteiger partial charge >= 0.3 is 18.3 Å². The van der Waals surface area contributed by atoms with Gasteiger partial charge in [0.2, 0.25) is 17.7 Å². The topological polar surface area (TPSA) is 140 Å². The Morgan fingerprint density at radius 1 is 0.500 bits per heavy atom. The van der Waals surface area contributed by atoms with Crippen molar-refractivity contribution in [2.45, 2.75) is 120 Å². The predicted octanol–water partition coefficient (Wildman–Crippen LogP) is 9.53. The summed E-state index contributed by atoms with van der Waals surface area (Å²) in [5.41, 5.74) is 2.79. The highest BCUT2D eigenvalue weighted by Gasteiger charge is 2.44. The number of ether oxygens (including phenoxy) is 3. The smallest absolute Gasteiger partial charge is 0.416 e. The van der Waals surface area contributed by atoms with Gasteiger partial charge in [-0.05, 0) is 52.2 Å². The fraction of sp³-hybridized carbons (Fsp3) is 0.520. The van der Waals surface area contributed by atoms with Crippen molar-refractivity contribution in [3.05, 3.63) is 108 Å². The van der Waals surface area contributed by atoms with Gasteiger partial charge in [0.15, 0.2) is 0 Å². The molecule has 3 saturated heterocycles. The number of cyclic esters (lactones) is 3. The lowest BCUT2D eigenvalue weighted by Crippen LogP contribution is -2.45. The Balaban J connectivity index is 0.000000205. The molecule has 12 heteroatoms. The number of carbonyl (C=O) groups is 6. The molecule has 0 aromatic heterocycles. The van der Waals surface area contributed by atoms with Gasteiger partial charge in [0.1, 0.15) is 19.8 Å². The highest BCUT2D eigenvalue weighted by molar-refractivity contribution is 5.96. The molecule has 12 nitrogen and oxygen atoms in total. The van der Waals surface area contributed by atoms with Crippen LogP contribution in [0.2, 0.25) is 0 Å². The summed E-state index contributed by atoms with van der Waals surface area (Å²) in [4.78, 5) is 77.1. The SMILES string of the molecule is CC(C)(C)CC(=O)N1C(=O)OC[C@@H]1Cc1ccccc1.C[C@@H](C(=O)N1C(=O)OC[C@@H]1Cc1ccccc1)C(C)(C)C.C[C@H](C(=O)N1C(=O)OC[C@@H]1Cc1ccccc1)C(C)(C)C. The van der Waals surface area contributed by atoms with Crippen molar-refractivity contribution in [2.75, 3.05) is 19.8 Å². The minimum absolute atomic E-state index is 0.142. The van der Waals surface area contributed by atoms with Crippen molar-refractivity contribution in [2.24, 2.45) is 28.1 Å². The molecule has 3 aromatic rings.